The van der Waals surface area contributed by atoms with E-state index in [-0.39, 0.29) is 11.2 Å². The molecular weight excluding hydrogens is 268 g/mol. The summed E-state index contributed by atoms with van der Waals surface area (Å²) in [7, 11) is 0. The summed E-state index contributed by atoms with van der Waals surface area (Å²) in [6.45, 7) is 6.34. The van der Waals surface area contributed by atoms with Crippen LogP contribution in [0.15, 0.2) is 29.2 Å². The topological polar surface area (TPSA) is 41.1 Å². The summed E-state index contributed by atoms with van der Waals surface area (Å²) in [5.74, 6) is 0.0628. The van der Waals surface area contributed by atoms with Crippen molar-refractivity contribution < 1.29 is 4.79 Å². The molecule has 1 aromatic carbocycles. The highest BCUT2D eigenvalue weighted by molar-refractivity contribution is 8.00. The van der Waals surface area contributed by atoms with Crippen molar-refractivity contribution in [3.05, 3.63) is 29.3 Å². The zero-order valence-electron chi connectivity index (χ0n) is 10.7. The first-order valence-electron chi connectivity index (χ1n) is 6.04. The van der Waals surface area contributed by atoms with Crippen molar-refractivity contribution in [1.82, 2.24) is 10.6 Å². The third-order valence-electron chi connectivity index (χ3n) is 2.35. The van der Waals surface area contributed by atoms with Crippen LogP contribution < -0.4 is 10.6 Å². The Morgan fingerprint density at radius 3 is 2.61 bits per heavy atom. The summed E-state index contributed by atoms with van der Waals surface area (Å²) >= 11 is 7.35. The van der Waals surface area contributed by atoms with E-state index in [1.807, 2.05) is 38.1 Å². The number of hydrogen-bond acceptors (Lipinski definition) is 3. The normalized spacial score (nSPS) is 12.2. The number of amides is 1. The molecule has 1 aromatic rings. The summed E-state index contributed by atoms with van der Waals surface area (Å²) in [5, 5.41) is 6.67. The molecule has 0 saturated heterocycles. The zero-order chi connectivity index (χ0) is 13.4. The molecule has 0 aliphatic carbocycles. The van der Waals surface area contributed by atoms with Gasteiger partial charge in [0.25, 0.3) is 0 Å². The van der Waals surface area contributed by atoms with Crippen molar-refractivity contribution in [2.75, 3.05) is 19.6 Å². The van der Waals surface area contributed by atoms with Gasteiger partial charge >= 0.3 is 0 Å². The lowest BCUT2D eigenvalue weighted by atomic mass is 10.4. The van der Waals surface area contributed by atoms with Crippen LogP contribution in [0.25, 0.3) is 0 Å². The molecule has 0 radical (unpaired) electrons. The summed E-state index contributed by atoms with van der Waals surface area (Å²) in [4.78, 5) is 12.8. The fraction of sp³-hybridized carbons (Fsp3) is 0.462. The Bertz CT molecular complexity index is 370. The third-order valence-corrected chi connectivity index (χ3v) is 3.71. The molecule has 1 amide bonds. The maximum absolute atomic E-state index is 11.8. The van der Waals surface area contributed by atoms with E-state index in [1.54, 1.807) is 0 Å². The largest absolute Gasteiger partial charge is 0.354 e. The first-order valence-corrected chi connectivity index (χ1v) is 7.30. The van der Waals surface area contributed by atoms with Gasteiger partial charge in [0.1, 0.15) is 0 Å². The van der Waals surface area contributed by atoms with E-state index in [2.05, 4.69) is 10.6 Å². The maximum atomic E-state index is 11.8. The number of thioether (sulfide) groups is 1. The lowest BCUT2D eigenvalue weighted by Crippen LogP contribution is -2.36. The molecule has 100 valence electrons. The minimum absolute atomic E-state index is 0.0628. The van der Waals surface area contributed by atoms with E-state index in [1.165, 1.54) is 11.8 Å². The zero-order valence-corrected chi connectivity index (χ0v) is 12.3. The van der Waals surface area contributed by atoms with Gasteiger partial charge in [0.15, 0.2) is 0 Å². The minimum Gasteiger partial charge on any atom is -0.354 e. The van der Waals surface area contributed by atoms with Gasteiger partial charge in [-0.2, -0.15) is 0 Å². The van der Waals surface area contributed by atoms with Gasteiger partial charge in [-0.25, -0.2) is 0 Å². The molecule has 0 aliphatic rings. The fourth-order valence-corrected chi connectivity index (χ4v) is 2.38. The van der Waals surface area contributed by atoms with Crippen LogP contribution in [0, 0.1) is 0 Å². The van der Waals surface area contributed by atoms with Crippen molar-refractivity contribution >= 4 is 29.3 Å². The number of hydrogen-bond donors (Lipinski definition) is 2. The monoisotopic (exact) mass is 286 g/mol. The molecule has 18 heavy (non-hydrogen) atoms. The average molecular weight is 287 g/mol. The SMILES string of the molecule is CCNCCNC(=O)C(C)Sc1ccc(Cl)cc1. The molecule has 0 fully saturated rings. The standard InChI is InChI=1S/C13H19ClN2OS/c1-3-15-8-9-16-13(17)10(2)18-12-6-4-11(14)5-7-12/h4-7,10,15H,3,8-9H2,1-2H3,(H,16,17). The van der Waals surface area contributed by atoms with Gasteiger partial charge in [-0.05, 0) is 37.7 Å². The predicted molar refractivity (Wildman–Crippen MR) is 78.3 cm³/mol. The maximum Gasteiger partial charge on any atom is 0.233 e. The molecule has 0 saturated carbocycles. The van der Waals surface area contributed by atoms with Gasteiger partial charge < -0.3 is 10.6 Å². The smallest absolute Gasteiger partial charge is 0.233 e. The molecule has 0 heterocycles. The lowest BCUT2D eigenvalue weighted by molar-refractivity contribution is -0.120. The van der Waals surface area contributed by atoms with Crippen LogP contribution >= 0.6 is 23.4 Å². The number of halogens is 1. The van der Waals surface area contributed by atoms with Gasteiger partial charge in [-0.3, -0.25) is 4.79 Å². The quantitative estimate of drug-likeness (QED) is 0.598. The van der Waals surface area contributed by atoms with Gasteiger partial charge in [0.2, 0.25) is 5.91 Å². The molecule has 3 nitrogen and oxygen atoms in total. The summed E-state index contributed by atoms with van der Waals surface area (Å²) in [6, 6.07) is 7.52. The Hall–Kier alpha value is -0.710. The molecule has 5 heteroatoms. The van der Waals surface area contributed by atoms with Crippen molar-refractivity contribution in [2.45, 2.75) is 24.0 Å². The number of carbonyl (C=O) groups is 1. The first kappa shape index (κ1) is 15.3. The van der Waals surface area contributed by atoms with Gasteiger partial charge in [0.05, 0.1) is 5.25 Å². The Morgan fingerprint density at radius 1 is 1.33 bits per heavy atom. The second-order valence-electron chi connectivity index (χ2n) is 3.86. The Kier molecular flexibility index (Phi) is 7.16. The van der Waals surface area contributed by atoms with E-state index in [4.69, 9.17) is 11.6 Å². The van der Waals surface area contributed by atoms with Crippen LogP contribution in [0.2, 0.25) is 5.02 Å². The molecule has 1 rings (SSSR count). The van der Waals surface area contributed by atoms with Crippen LogP contribution in [0.4, 0.5) is 0 Å². The van der Waals surface area contributed by atoms with E-state index in [0.717, 1.165) is 18.0 Å². The Labute approximate surface area is 118 Å². The lowest BCUT2D eigenvalue weighted by Gasteiger charge is -2.12. The Balaban J connectivity index is 2.33. The molecular formula is C13H19ClN2OS. The van der Waals surface area contributed by atoms with E-state index >= 15 is 0 Å². The second-order valence-corrected chi connectivity index (χ2v) is 5.71. The van der Waals surface area contributed by atoms with Crippen LogP contribution in [0.1, 0.15) is 13.8 Å². The highest BCUT2D eigenvalue weighted by Gasteiger charge is 2.13. The number of nitrogens with one attached hydrogen (secondary N) is 2. The van der Waals surface area contributed by atoms with Crippen LogP contribution in [0.3, 0.4) is 0 Å². The highest BCUT2D eigenvalue weighted by Crippen LogP contribution is 2.24. The fourth-order valence-electron chi connectivity index (χ4n) is 1.37. The average Bonchev–Trinajstić information content (AvgIpc) is 2.37. The molecule has 2 N–H and O–H groups in total. The highest BCUT2D eigenvalue weighted by atomic mass is 35.5. The summed E-state index contributed by atoms with van der Waals surface area (Å²) in [6.07, 6.45) is 0. The minimum atomic E-state index is -0.104. The van der Waals surface area contributed by atoms with Crippen molar-refractivity contribution in [1.29, 1.82) is 0 Å². The molecule has 0 aliphatic heterocycles. The molecule has 0 bridgehead atoms. The number of rotatable bonds is 7. The van der Waals surface area contributed by atoms with Crippen LogP contribution in [0.5, 0.6) is 0 Å². The molecule has 1 unspecified atom stereocenters. The number of benzene rings is 1. The predicted octanol–water partition coefficient (Wildman–Crippen LogP) is 2.55. The molecule has 1 atom stereocenters. The second kappa shape index (κ2) is 8.40. The van der Waals surface area contributed by atoms with E-state index in [0.29, 0.717) is 11.6 Å². The van der Waals surface area contributed by atoms with E-state index < -0.39 is 0 Å². The molecule has 0 aromatic heterocycles. The van der Waals surface area contributed by atoms with Crippen LogP contribution in [-0.2, 0) is 4.79 Å². The third kappa shape index (κ3) is 5.76. The van der Waals surface area contributed by atoms with Gasteiger partial charge in [-0.1, -0.05) is 18.5 Å². The number of likely N-dealkylation sites (N-methyl/N-ethyl adjacent to an activating group) is 1. The first-order chi connectivity index (χ1) is 8.63. The summed E-state index contributed by atoms with van der Waals surface area (Å²) < 4.78 is 0. The van der Waals surface area contributed by atoms with Crippen molar-refractivity contribution in [3.63, 3.8) is 0 Å². The molecule has 0 spiro atoms. The van der Waals surface area contributed by atoms with Crippen LogP contribution in [-0.4, -0.2) is 30.8 Å². The summed E-state index contributed by atoms with van der Waals surface area (Å²) in [5.41, 5.74) is 0. The van der Waals surface area contributed by atoms with Crippen molar-refractivity contribution in [2.24, 2.45) is 0 Å². The van der Waals surface area contributed by atoms with Gasteiger partial charge in [0, 0.05) is 23.0 Å². The number of carbonyl (C=O) groups excluding carboxylic acids is 1. The van der Waals surface area contributed by atoms with E-state index in [9.17, 15) is 4.79 Å². The van der Waals surface area contributed by atoms with Gasteiger partial charge in [-0.15, -0.1) is 11.8 Å². The van der Waals surface area contributed by atoms with Crippen molar-refractivity contribution in [3.8, 4) is 0 Å². The Morgan fingerprint density at radius 2 is 2.00 bits per heavy atom.